The smallest absolute Gasteiger partial charge is 0.220 e. The van der Waals surface area contributed by atoms with Crippen molar-refractivity contribution < 1.29 is 14.3 Å². The van der Waals surface area contributed by atoms with Crippen molar-refractivity contribution in [3.05, 3.63) is 59.7 Å². The molecule has 1 aliphatic rings. The maximum absolute atomic E-state index is 12.5. The van der Waals surface area contributed by atoms with Gasteiger partial charge in [0.05, 0.1) is 26.4 Å². The first-order valence-electron chi connectivity index (χ1n) is 10.6. The fraction of sp³-hybridized carbons (Fsp3) is 0.458. The van der Waals surface area contributed by atoms with Gasteiger partial charge in [0, 0.05) is 45.8 Å². The molecule has 0 aromatic heterocycles. The van der Waals surface area contributed by atoms with E-state index in [0.29, 0.717) is 13.0 Å². The molecule has 1 amide bonds. The van der Waals surface area contributed by atoms with Gasteiger partial charge in [0.1, 0.15) is 5.75 Å². The summed E-state index contributed by atoms with van der Waals surface area (Å²) in [6.07, 6.45) is 1.19. The van der Waals surface area contributed by atoms with Crippen LogP contribution in [0.4, 0.5) is 5.69 Å². The van der Waals surface area contributed by atoms with E-state index in [2.05, 4.69) is 39.4 Å². The fourth-order valence-electron chi connectivity index (χ4n) is 3.69. The second-order valence-electron chi connectivity index (χ2n) is 7.80. The van der Waals surface area contributed by atoms with E-state index >= 15 is 0 Å². The lowest BCUT2D eigenvalue weighted by molar-refractivity contribution is -0.121. The van der Waals surface area contributed by atoms with Crippen LogP contribution < -0.4 is 15.0 Å². The van der Waals surface area contributed by atoms with E-state index in [1.54, 1.807) is 7.11 Å². The van der Waals surface area contributed by atoms with Crippen molar-refractivity contribution in [2.75, 3.05) is 59.0 Å². The normalized spacial score (nSPS) is 15.4. The summed E-state index contributed by atoms with van der Waals surface area (Å²) in [6.45, 7) is 3.82. The van der Waals surface area contributed by atoms with Crippen LogP contribution in [-0.2, 0) is 16.0 Å². The Balaban J connectivity index is 1.58. The number of methoxy groups -OCH3 is 1. The SMILES string of the molecule is COc1ccc(CCC(=O)NC[C@@H](c2ccc(N(C)C)cc2)N2CCOCC2)cc1. The van der Waals surface area contributed by atoms with E-state index in [9.17, 15) is 4.79 Å². The summed E-state index contributed by atoms with van der Waals surface area (Å²) < 4.78 is 10.7. The largest absolute Gasteiger partial charge is 0.497 e. The molecule has 30 heavy (non-hydrogen) atoms. The lowest BCUT2D eigenvalue weighted by Crippen LogP contribution is -2.43. The average Bonchev–Trinajstić information content (AvgIpc) is 2.79. The van der Waals surface area contributed by atoms with Crippen LogP contribution in [0.2, 0.25) is 0 Å². The summed E-state index contributed by atoms with van der Waals surface area (Å²) in [4.78, 5) is 17.0. The maximum atomic E-state index is 12.5. The third-order valence-electron chi connectivity index (χ3n) is 5.57. The van der Waals surface area contributed by atoms with E-state index in [0.717, 1.165) is 44.0 Å². The molecule has 6 heteroatoms. The number of hydrogen-bond donors (Lipinski definition) is 1. The molecule has 1 N–H and O–H groups in total. The number of benzene rings is 2. The van der Waals surface area contributed by atoms with Crippen LogP contribution in [0.3, 0.4) is 0 Å². The molecule has 2 aromatic carbocycles. The second kappa shape index (κ2) is 11.0. The number of morpholine rings is 1. The average molecular weight is 412 g/mol. The van der Waals surface area contributed by atoms with E-state index < -0.39 is 0 Å². The first-order valence-corrected chi connectivity index (χ1v) is 10.6. The topological polar surface area (TPSA) is 54.0 Å². The Morgan fingerprint density at radius 3 is 2.37 bits per heavy atom. The van der Waals surface area contributed by atoms with Gasteiger partial charge in [-0.1, -0.05) is 24.3 Å². The summed E-state index contributed by atoms with van der Waals surface area (Å²) in [5.41, 5.74) is 3.52. The van der Waals surface area contributed by atoms with E-state index in [1.165, 1.54) is 11.3 Å². The molecule has 1 fully saturated rings. The third-order valence-corrected chi connectivity index (χ3v) is 5.57. The van der Waals surface area contributed by atoms with Crippen LogP contribution in [-0.4, -0.2) is 64.9 Å². The minimum Gasteiger partial charge on any atom is -0.497 e. The first kappa shape index (κ1) is 22.1. The van der Waals surface area contributed by atoms with Gasteiger partial charge >= 0.3 is 0 Å². The molecule has 0 aliphatic carbocycles. The summed E-state index contributed by atoms with van der Waals surface area (Å²) in [6, 6.07) is 16.6. The Morgan fingerprint density at radius 2 is 1.77 bits per heavy atom. The molecule has 1 heterocycles. The van der Waals surface area contributed by atoms with Crippen LogP contribution in [0.1, 0.15) is 23.6 Å². The molecule has 1 aliphatic heterocycles. The molecule has 0 spiro atoms. The number of aryl methyl sites for hydroxylation is 1. The molecule has 0 unspecified atom stereocenters. The Hall–Kier alpha value is -2.57. The quantitative estimate of drug-likeness (QED) is 0.688. The molecule has 0 radical (unpaired) electrons. The number of carbonyl (C=O) groups is 1. The van der Waals surface area contributed by atoms with Gasteiger partial charge in [0.15, 0.2) is 0 Å². The highest BCUT2D eigenvalue weighted by Crippen LogP contribution is 2.24. The zero-order valence-electron chi connectivity index (χ0n) is 18.3. The van der Waals surface area contributed by atoms with Gasteiger partial charge < -0.3 is 19.7 Å². The van der Waals surface area contributed by atoms with Crippen LogP contribution in [0.25, 0.3) is 0 Å². The number of anilines is 1. The van der Waals surface area contributed by atoms with Crippen LogP contribution >= 0.6 is 0 Å². The Morgan fingerprint density at radius 1 is 1.10 bits per heavy atom. The summed E-state index contributed by atoms with van der Waals surface area (Å²) in [7, 11) is 5.73. The maximum Gasteiger partial charge on any atom is 0.220 e. The molecule has 0 bridgehead atoms. The summed E-state index contributed by atoms with van der Waals surface area (Å²) in [5.74, 6) is 0.908. The standard InChI is InChI=1S/C24H33N3O3/c1-26(2)21-9-7-20(8-10-21)23(27-14-16-30-17-15-27)18-25-24(28)13-6-19-4-11-22(29-3)12-5-19/h4-5,7-12,23H,6,13-18H2,1-3H3,(H,25,28)/t23-/m0/s1. The molecule has 2 aromatic rings. The number of rotatable bonds is 9. The van der Waals surface area contributed by atoms with Crippen molar-refractivity contribution in [3.63, 3.8) is 0 Å². The van der Waals surface area contributed by atoms with Gasteiger partial charge in [-0.3, -0.25) is 9.69 Å². The fourth-order valence-corrected chi connectivity index (χ4v) is 3.69. The van der Waals surface area contributed by atoms with Gasteiger partial charge in [0.2, 0.25) is 5.91 Å². The Bertz CT molecular complexity index is 784. The monoisotopic (exact) mass is 411 g/mol. The lowest BCUT2D eigenvalue weighted by Gasteiger charge is -2.35. The van der Waals surface area contributed by atoms with Crippen molar-refractivity contribution in [2.24, 2.45) is 0 Å². The molecular weight excluding hydrogens is 378 g/mol. The van der Waals surface area contributed by atoms with Crippen molar-refractivity contribution in [1.29, 1.82) is 0 Å². The van der Waals surface area contributed by atoms with E-state index in [-0.39, 0.29) is 11.9 Å². The Labute approximate surface area is 179 Å². The summed E-state index contributed by atoms with van der Waals surface area (Å²) >= 11 is 0. The number of nitrogens with zero attached hydrogens (tertiary/aromatic N) is 2. The zero-order chi connectivity index (χ0) is 21.3. The molecule has 162 valence electrons. The van der Waals surface area contributed by atoms with Gasteiger partial charge in [0.25, 0.3) is 0 Å². The molecule has 6 nitrogen and oxygen atoms in total. The number of hydrogen-bond acceptors (Lipinski definition) is 5. The third kappa shape index (κ3) is 6.21. The number of nitrogens with one attached hydrogen (secondary N) is 1. The zero-order valence-corrected chi connectivity index (χ0v) is 18.3. The van der Waals surface area contributed by atoms with Crippen molar-refractivity contribution >= 4 is 11.6 Å². The first-order chi connectivity index (χ1) is 14.6. The van der Waals surface area contributed by atoms with Gasteiger partial charge in [-0.2, -0.15) is 0 Å². The highest BCUT2D eigenvalue weighted by molar-refractivity contribution is 5.76. The predicted molar refractivity (Wildman–Crippen MR) is 120 cm³/mol. The van der Waals surface area contributed by atoms with Crippen LogP contribution in [0, 0.1) is 0 Å². The number of ether oxygens (including phenoxy) is 2. The second-order valence-corrected chi connectivity index (χ2v) is 7.80. The Kier molecular flexibility index (Phi) is 8.11. The number of carbonyl (C=O) groups excluding carboxylic acids is 1. The van der Waals surface area contributed by atoms with Crippen molar-refractivity contribution in [3.8, 4) is 5.75 Å². The van der Waals surface area contributed by atoms with E-state index in [4.69, 9.17) is 9.47 Å². The molecule has 3 rings (SSSR count). The highest BCUT2D eigenvalue weighted by Gasteiger charge is 2.23. The minimum absolute atomic E-state index is 0.0778. The van der Waals surface area contributed by atoms with E-state index in [1.807, 2.05) is 38.4 Å². The minimum atomic E-state index is 0.0778. The van der Waals surface area contributed by atoms with Crippen LogP contribution in [0.5, 0.6) is 5.75 Å². The summed E-state index contributed by atoms with van der Waals surface area (Å²) in [5, 5.41) is 3.15. The van der Waals surface area contributed by atoms with Crippen molar-refractivity contribution in [1.82, 2.24) is 10.2 Å². The van der Waals surface area contributed by atoms with Gasteiger partial charge in [-0.15, -0.1) is 0 Å². The molecular formula is C24H33N3O3. The molecule has 1 saturated heterocycles. The lowest BCUT2D eigenvalue weighted by atomic mass is 10.0. The van der Waals surface area contributed by atoms with Gasteiger partial charge in [-0.25, -0.2) is 0 Å². The highest BCUT2D eigenvalue weighted by atomic mass is 16.5. The van der Waals surface area contributed by atoms with Crippen LogP contribution in [0.15, 0.2) is 48.5 Å². The number of amides is 1. The van der Waals surface area contributed by atoms with Gasteiger partial charge in [-0.05, 0) is 41.8 Å². The molecule has 0 saturated carbocycles. The predicted octanol–water partition coefficient (Wildman–Crippen LogP) is 2.88. The van der Waals surface area contributed by atoms with Crippen molar-refractivity contribution in [2.45, 2.75) is 18.9 Å². The molecule has 1 atom stereocenters.